The highest BCUT2D eigenvalue weighted by molar-refractivity contribution is 9.10. The van der Waals surface area contributed by atoms with Crippen LogP contribution in [-0.4, -0.2) is 38.8 Å². The standard InChI is InChI=1S/C12H18BrFN2O/c1-16(5-6-17-2)12(8-15)10-7-9(13)3-4-11(10)14/h3-4,7,12H,5-6,8,15H2,1-2H3. The van der Waals surface area contributed by atoms with Crippen LogP contribution in [0.3, 0.4) is 0 Å². The summed E-state index contributed by atoms with van der Waals surface area (Å²) in [4.78, 5) is 1.99. The van der Waals surface area contributed by atoms with E-state index in [0.29, 0.717) is 25.3 Å². The lowest BCUT2D eigenvalue weighted by Gasteiger charge is -2.27. The van der Waals surface area contributed by atoms with E-state index in [1.54, 1.807) is 19.2 Å². The molecular weight excluding hydrogens is 287 g/mol. The first kappa shape index (κ1) is 14.6. The van der Waals surface area contributed by atoms with Crippen LogP contribution in [0.25, 0.3) is 0 Å². The van der Waals surface area contributed by atoms with Crippen LogP contribution >= 0.6 is 15.9 Å². The Morgan fingerprint density at radius 1 is 1.53 bits per heavy atom. The second-order valence-corrected chi connectivity index (χ2v) is 4.81. The van der Waals surface area contributed by atoms with Crippen molar-refractivity contribution in [3.05, 3.63) is 34.1 Å². The quantitative estimate of drug-likeness (QED) is 0.875. The summed E-state index contributed by atoms with van der Waals surface area (Å²) in [7, 11) is 3.56. The third kappa shape index (κ3) is 4.03. The maximum atomic E-state index is 13.8. The Bertz CT molecular complexity index is 362. The highest BCUT2D eigenvalue weighted by Gasteiger charge is 2.19. The largest absolute Gasteiger partial charge is 0.383 e. The monoisotopic (exact) mass is 304 g/mol. The number of halogens is 2. The molecule has 0 saturated heterocycles. The van der Waals surface area contributed by atoms with Gasteiger partial charge >= 0.3 is 0 Å². The van der Waals surface area contributed by atoms with Crippen molar-refractivity contribution >= 4 is 15.9 Å². The van der Waals surface area contributed by atoms with E-state index in [0.717, 1.165) is 4.47 Å². The van der Waals surface area contributed by atoms with Crippen LogP contribution in [0.1, 0.15) is 11.6 Å². The number of nitrogens with zero attached hydrogens (tertiary/aromatic N) is 1. The summed E-state index contributed by atoms with van der Waals surface area (Å²) < 4.78 is 19.6. The molecule has 0 aromatic heterocycles. The van der Waals surface area contributed by atoms with Gasteiger partial charge in [0.1, 0.15) is 5.82 Å². The molecule has 5 heteroatoms. The first-order chi connectivity index (χ1) is 8.10. The predicted molar refractivity (Wildman–Crippen MR) is 70.4 cm³/mol. The molecule has 0 aliphatic rings. The number of ether oxygens (including phenoxy) is 1. The van der Waals surface area contributed by atoms with Crippen LogP contribution in [-0.2, 0) is 4.74 Å². The van der Waals surface area contributed by atoms with E-state index in [2.05, 4.69) is 15.9 Å². The van der Waals surface area contributed by atoms with Crippen LogP contribution in [0, 0.1) is 5.82 Å². The third-order valence-corrected chi connectivity index (χ3v) is 3.21. The molecule has 1 aromatic rings. The molecule has 0 fully saturated rings. The normalized spacial score (nSPS) is 13.1. The van der Waals surface area contributed by atoms with Gasteiger partial charge in [-0.05, 0) is 25.2 Å². The zero-order valence-electron chi connectivity index (χ0n) is 10.1. The van der Waals surface area contributed by atoms with E-state index < -0.39 is 0 Å². The predicted octanol–water partition coefficient (Wildman–Crippen LogP) is 2.17. The van der Waals surface area contributed by atoms with Crippen LogP contribution in [0.5, 0.6) is 0 Å². The number of hydrogen-bond donors (Lipinski definition) is 1. The van der Waals surface area contributed by atoms with Gasteiger partial charge in [0.25, 0.3) is 0 Å². The van der Waals surface area contributed by atoms with Crippen LogP contribution < -0.4 is 5.73 Å². The van der Waals surface area contributed by atoms with Gasteiger partial charge in [0.15, 0.2) is 0 Å². The van der Waals surface area contributed by atoms with Crippen molar-refractivity contribution in [1.82, 2.24) is 4.90 Å². The highest BCUT2D eigenvalue weighted by Crippen LogP contribution is 2.24. The molecule has 1 aromatic carbocycles. The lowest BCUT2D eigenvalue weighted by molar-refractivity contribution is 0.139. The fraction of sp³-hybridized carbons (Fsp3) is 0.500. The summed E-state index contributed by atoms with van der Waals surface area (Å²) in [5, 5.41) is 0. The number of rotatable bonds is 6. The molecule has 96 valence electrons. The molecule has 0 aliphatic heterocycles. The lowest BCUT2D eigenvalue weighted by Crippen LogP contribution is -2.33. The maximum absolute atomic E-state index is 13.8. The molecular formula is C12H18BrFN2O. The topological polar surface area (TPSA) is 38.5 Å². The van der Waals surface area contributed by atoms with Gasteiger partial charge < -0.3 is 10.5 Å². The lowest BCUT2D eigenvalue weighted by atomic mass is 10.1. The molecule has 1 unspecified atom stereocenters. The van der Waals surface area contributed by atoms with E-state index >= 15 is 0 Å². The minimum Gasteiger partial charge on any atom is -0.383 e. The number of methoxy groups -OCH3 is 1. The van der Waals surface area contributed by atoms with E-state index in [9.17, 15) is 4.39 Å². The minimum absolute atomic E-state index is 0.136. The highest BCUT2D eigenvalue weighted by atomic mass is 79.9. The van der Waals surface area contributed by atoms with E-state index in [1.807, 2.05) is 11.9 Å². The van der Waals surface area contributed by atoms with Crippen molar-refractivity contribution in [2.24, 2.45) is 5.73 Å². The number of benzene rings is 1. The average molecular weight is 305 g/mol. The number of hydrogen-bond acceptors (Lipinski definition) is 3. The van der Waals surface area contributed by atoms with E-state index in [1.165, 1.54) is 6.07 Å². The second-order valence-electron chi connectivity index (χ2n) is 3.89. The first-order valence-electron chi connectivity index (χ1n) is 5.44. The van der Waals surface area contributed by atoms with Crippen LogP contribution in [0.4, 0.5) is 4.39 Å². The van der Waals surface area contributed by atoms with Crippen molar-refractivity contribution in [3.8, 4) is 0 Å². The molecule has 0 amide bonds. The molecule has 0 saturated carbocycles. The van der Waals surface area contributed by atoms with Gasteiger partial charge in [-0.25, -0.2) is 4.39 Å². The molecule has 0 heterocycles. The van der Waals surface area contributed by atoms with Gasteiger partial charge in [0.05, 0.1) is 6.61 Å². The molecule has 1 rings (SSSR count). The summed E-state index contributed by atoms with van der Waals surface area (Å²) in [5.74, 6) is -0.229. The zero-order valence-corrected chi connectivity index (χ0v) is 11.7. The molecule has 0 radical (unpaired) electrons. The molecule has 17 heavy (non-hydrogen) atoms. The Morgan fingerprint density at radius 3 is 2.82 bits per heavy atom. The summed E-state index contributed by atoms with van der Waals surface area (Å²) >= 11 is 3.34. The van der Waals surface area contributed by atoms with Crippen LogP contribution in [0.15, 0.2) is 22.7 Å². The van der Waals surface area contributed by atoms with Crippen molar-refractivity contribution in [2.45, 2.75) is 6.04 Å². The number of nitrogens with two attached hydrogens (primary N) is 1. The molecule has 0 aliphatic carbocycles. The molecule has 3 nitrogen and oxygen atoms in total. The smallest absolute Gasteiger partial charge is 0.128 e. The van der Waals surface area contributed by atoms with Crippen molar-refractivity contribution in [1.29, 1.82) is 0 Å². The Kier molecular flexibility index (Phi) is 6.05. The van der Waals surface area contributed by atoms with Gasteiger partial charge in [-0.3, -0.25) is 4.90 Å². The van der Waals surface area contributed by atoms with Crippen molar-refractivity contribution in [2.75, 3.05) is 33.9 Å². The van der Waals surface area contributed by atoms with Gasteiger partial charge in [0, 0.05) is 36.3 Å². The van der Waals surface area contributed by atoms with E-state index in [-0.39, 0.29) is 11.9 Å². The van der Waals surface area contributed by atoms with Gasteiger partial charge in [-0.15, -0.1) is 0 Å². The van der Waals surface area contributed by atoms with Crippen LogP contribution in [0.2, 0.25) is 0 Å². The Balaban J connectivity index is 2.88. The van der Waals surface area contributed by atoms with Gasteiger partial charge in [0.2, 0.25) is 0 Å². The Hall–Kier alpha value is -0.490. The zero-order chi connectivity index (χ0) is 12.8. The average Bonchev–Trinajstić information content (AvgIpc) is 2.32. The molecule has 1 atom stereocenters. The summed E-state index contributed by atoms with van der Waals surface area (Å²) in [6.45, 7) is 1.68. The molecule has 0 spiro atoms. The molecule has 0 bridgehead atoms. The summed E-state index contributed by atoms with van der Waals surface area (Å²) in [5.41, 5.74) is 6.34. The fourth-order valence-corrected chi connectivity index (χ4v) is 2.08. The maximum Gasteiger partial charge on any atom is 0.128 e. The second kappa shape index (κ2) is 7.06. The van der Waals surface area contributed by atoms with Crippen molar-refractivity contribution < 1.29 is 9.13 Å². The molecule has 2 N–H and O–H groups in total. The summed E-state index contributed by atoms with van der Waals surface area (Å²) in [6.07, 6.45) is 0. The van der Waals surface area contributed by atoms with E-state index in [4.69, 9.17) is 10.5 Å². The van der Waals surface area contributed by atoms with Gasteiger partial charge in [-0.2, -0.15) is 0 Å². The fourth-order valence-electron chi connectivity index (χ4n) is 1.71. The Labute approximate surface area is 110 Å². The Morgan fingerprint density at radius 2 is 2.24 bits per heavy atom. The third-order valence-electron chi connectivity index (χ3n) is 2.72. The van der Waals surface area contributed by atoms with Crippen molar-refractivity contribution in [3.63, 3.8) is 0 Å². The number of likely N-dealkylation sites (N-methyl/N-ethyl adjacent to an activating group) is 1. The van der Waals surface area contributed by atoms with Gasteiger partial charge in [-0.1, -0.05) is 15.9 Å². The minimum atomic E-state index is -0.229. The summed E-state index contributed by atoms with van der Waals surface area (Å²) in [6, 6.07) is 4.77. The first-order valence-corrected chi connectivity index (χ1v) is 6.23. The SMILES string of the molecule is COCCN(C)C(CN)c1cc(Br)ccc1F.